The lowest BCUT2D eigenvalue weighted by Crippen LogP contribution is -2.67. The molecule has 0 radical (unpaired) electrons. The number of carbonyl (C=O) groups excluding carboxylic acids is 3. The molecule has 2 aromatic carbocycles. The van der Waals surface area contributed by atoms with E-state index >= 15 is 0 Å². The van der Waals surface area contributed by atoms with Crippen LogP contribution >= 0.6 is 0 Å². The number of benzene rings is 2. The van der Waals surface area contributed by atoms with Crippen LogP contribution in [0.15, 0.2) is 73.1 Å². The van der Waals surface area contributed by atoms with Crippen molar-refractivity contribution in [3.8, 4) is 11.1 Å². The van der Waals surface area contributed by atoms with Gasteiger partial charge in [-0.1, -0.05) is 48.5 Å². The second kappa shape index (κ2) is 8.18. The van der Waals surface area contributed by atoms with Crippen molar-refractivity contribution in [2.45, 2.75) is 30.3 Å². The van der Waals surface area contributed by atoms with E-state index in [9.17, 15) is 14.4 Å². The zero-order valence-electron chi connectivity index (χ0n) is 21.1. The Balaban J connectivity index is 1.28. The van der Waals surface area contributed by atoms with Crippen molar-refractivity contribution >= 4 is 34.2 Å². The minimum Gasteiger partial charge on any atom is -0.364 e. The number of para-hydroxylation sites is 1. The first-order valence-electron chi connectivity index (χ1n) is 12.9. The lowest BCUT2D eigenvalue weighted by molar-refractivity contribution is -0.146. The topological polar surface area (TPSA) is 136 Å². The molecule has 9 heteroatoms. The highest BCUT2D eigenvalue weighted by atomic mass is 16.2. The van der Waals surface area contributed by atoms with Crippen LogP contribution in [0, 0.1) is 0 Å². The van der Waals surface area contributed by atoms with Gasteiger partial charge in [-0.05, 0) is 35.9 Å². The van der Waals surface area contributed by atoms with E-state index in [1.807, 2.05) is 54.7 Å². The van der Waals surface area contributed by atoms with E-state index in [0.717, 1.165) is 33.2 Å². The zero-order valence-corrected chi connectivity index (χ0v) is 21.1. The minimum atomic E-state index is -0.779. The summed E-state index contributed by atoms with van der Waals surface area (Å²) < 4.78 is 0. The molecule has 0 unspecified atom stereocenters. The summed E-state index contributed by atoms with van der Waals surface area (Å²) in [4.78, 5) is 51.1. The number of hydrogen-bond acceptors (Lipinski definition) is 6. The maximum atomic E-state index is 14.1. The molecule has 39 heavy (non-hydrogen) atoms. The molecule has 194 valence electrons. The Bertz CT molecular complexity index is 1690. The molecule has 3 amide bonds. The summed E-state index contributed by atoms with van der Waals surface area (Å²) in [6, 6.07) is 19.1. The second-order valence-corrected chi connectivity index (χ2v) is 10.8. The lowest BCUT2D eigenvalue weighted by Gasteiger charge is -2.47. The van der Waals surface area contributed by atoms with Crippen molar-refractivity contribution in [3.63, 3.8) is 0 Å². The number of rotatable bonds is 5. The molecule has 4 aromatic rings. The maximum Gasteiger partial charge on any atom is 0.267 e. The van der Waals surface area contributed by atoms with Gasteiger partial charge in [0, 0.05) is 47.7 Å². The summed E-state index contributed by atoms with van der Waals surface area (Å²) in [5, 5.41) is 1.91. The fourth-order valence-corrected chi connectivity index (χ4v) is 5.96. The highest BCUT2D eigenvalue weighted by Crippen LogP contribution is 2.49. The Morgan fingerprint density at radius 3 is 2.38 bits per heavy atom. The number of amides is 3. The van der Waals surface area contributed by atoms with Gasteiger partial charge < -0.3 is 21.3 Å². The Labute approximate surface area is 224 Å². The largest absolute Gasteiger partial charge is 0.364 e. The number of likely N-dealkylation sites (tertiary alicyclic amines) is 1. The van der Waals surface area contributed by atoms with Gasteiger partial charge in [-0.3, -0.25) is 24.4 Å². The van der Waals surface area contributed by atoms with Gasteiger partial charge in [0.1, 0.15) is 11.1 Å². The van der Waals surface area contributed by atoms with Gasteiger partial charge in [0.05, 0.1) is 17.8 Å². The Morgan fingerprint density at radius 2 is 1.67 bits per heavy atom. The minimum absolute atomic E-state index is 0.0438. The van der Waals surface area contributed by atoms with Crippen LogP contribution in [0.3, 0.4) is 0 Å². The predicted octanol–water partition coefficient (Wildman–Crippen LogP) is 2.51. The number of fused-ring (bicyclic) bond motifs is 3. The van der Waals surface area contributed by atoms with Gasteiger partial charge in [-0.2, -0.15) is 0 Å². The molecule has 2 aromatic heterocycles. The molecule has 2 aliphatic heterocycles. The fraction of sp³-hybridized carbons (Fsp3) is 0.233. The maximum absolute atomic E-state index is 14.1. The number of anilines is 1. The summed E-state index contributed by atoms with van der Waals surface area (Å²) in [5.74, 6) is -0.711. The van der Waals surface area contributed by atoms with Crippen molar-refractivity contribution in [3.05, 3.63) is 90.0 Å². The standard InChI is InChI=1S/C30H26N6O3/c31-26(37)22-10-9-19(14-33-22)25-20-6-2-1-5-18(20)13-34-23(25)15-36-24-8-4-3-7-21(24)29(27(36)38)16-35(17-29)28(39)30(32)11-12-30/h1-10,13-14H,11-12,15-17,32H2,(H2,31,37). The van der Waals surface area contributed by atoms with E-state index < -0.39 is 16.9 Å². The van der Waals surface area contributed by atoms with Gasteiger partial charge in [-0.15, -0.1) is 0 Å². The van der Waals surface area contributed by atoms with Crippen LogP contribution in [0.4, 0.5) is 5.69 Å². The number of nitrogens with two attached hydrogens (primary N) is 2. The number of aromatic nitrogens is 2. The Morgan fingerprint density at radius 1 is 0.923 bits per heavy atom. The van der Waals surface area contributed by atoms with E-state index in [2.05, 4.69) is 4.98 Å². The normalized spacial score (nSPS) is 18.2. The molecule has 3 aliphatic rings. The van der Waals surface area contributed by atoms with E-state index in [1.165, 1.54) is 0 Å². The van der Waals surface area contributed by atoms with Gasteiger partial charge in [0.25, 0.3) is 5.91 Å². The third-order valence-electron chi connectivity index (χ3n) is 8.28. The smallest absolute Gasteiger partial charge is 0.267 e. The molecule has 1 saturated carbocycles. The van der Waals surface area contributed by atoms with E-state index in [1.54, 1.807) is 28.1 Å². The summed E-state index contributed by atoms with van der Waals surface area (Å²) in [7, 11) is 0. The van der Waals surface area contributed by atoms with Crippen LogP contribution in [0.1, 0.15) is 34.6 Å². The Hall–Kier alpha value is -4.63. The van der Waals surface area contributed by atoms with Gasteiger partial charge >= 0.3 is 0 Å². The molecule has 9 nitrogen and oxygen atoms in total. The molecule has 1 saturated heterocycles. The van der Waals surface area contributed by atoms with Gasteiger partial charge in [0.15, 0.2) is 0 Å². The molecule has 4 heterocycles. The first kappa shape index (κ1) is 23.5. The quantitative estimate of drug-likeness (QED) is 0.417. The van der Waals surface area contributed by atoms with Crippen LogP contribution in [0.25, 0.3) is 21.9 Å². The Kier molecular flexibility index (Phi) is 4.93. The van der Waals surface area contributed by atoms with E-state index in [0.29, 0.717) is 31.6 Å². The van der Waals surface area contributed by atoms with Gasteiger partial charge in [-0.25, -0.2) is 0 Å². The van der Waals surface area contributed by atoms with Crippen LogP contribution in [-0.2, 0) is 21.5 Å². The summed E-state index contributed by atoms with van der Waals surface area (Å²) in [6.45, 7) is 0.894. The molecule has 4 N–H and O–H groups in total. The van der Waals surface area contributed by atoms with Crippen molar-refractivity contribution in [1.82, 2.24) is 14.9 Å². The number of nitrogens with zero attached hydrogens (tertiary/aromatic N) is 4. The van der Waals surface area contributed by atoms with E-state index in [-0.39, 0.29) is 24.1 Å². The van der Waals surface area contributed by atoms with E-state index in [4.69, 9.17) is 16.5 Å². The average molecular weight is 519 g/mol. The number of hydrogen-bond donors (Lipinski definition) is 2. The lowest BCUT2D eigenvalue weighted by atomic mass is 9.74. The first-order valence-corrected chi connectivity index (χ1v) is 12.9. The van der Waals surface area contributed by atoms with Crippen LogP contribution in [-0.4, -0.2) is 51.2 Å². The molecule has 0 atom stereocenters. The SMILES string of the molecule is NC(=O)c1ccc(-c2c(CN3C(=O)C4(CN(C(=O)C5(N)CC5)C4)c4ccccc43)ncc3ccccc23)cn1. The molecule has 1 spiro atoms. The van der Waals surface area contributed by atoms with Crippen molar-refractivity contribution in [2.75, 3.05) is 18.0 Å². The van der Waals surface area contributed by atoms with Crippen molar-refractivity contribution < 1.29 is 14.4 Å². The second-order valence-electron chi connectivity index (χ2n) is 10.8. The van der Waals surface area contributed by atoms with Crippen molar-refractivity contribution in [2.24, 2.45) is 11.5 Å². The van der Waals surface area contributed by atoms with Crippen LogP contribution in [0.5, 0.6) is 0 Å². The molecule has 0 bridgehead atoms. The monoisotopic (exact) mass is 518 g/mol. The summed E-state index contributed by atoms with van der Waals surface area (Å²) in [5.41, 5.74) is 14.3. The number of carbonyl (C=O) groups is 3. The third kappa shape index (κ3) is 3.46. The summed E-state index contributed by atoms with van der Waals surface area (Å²) in [6.07, 6.45) is 4.81. The number of pyridine rings is 2. The highest BCUT2D eigenvalue weighted by Gasteiger charge is 2.62. The predicted molar refractivity (Wildman–Crippen MR) is 146 cm³/mol. The molecule has 7 rings (SSSR count). The number of primary amides is 1. The zero-order chi connectivity index (χ0) is 26.9. The van der Waals surface area contributed by atoms with Crippen molar-refractivity contribution in [1.29, 1.82) is 0 Å². The van der Waals surface area contributed by atoms with Gasteiger partial charge in [0.2, 0.25) is 11.8 Å². The summed E-state index contributed by atoms with van der Waals surface area (Å²) >= 11 is 0. The fourth-order valence-electron chi connectivity index (χ4n) is 5.96. The van der Waals surface area contributed by atoms with Crippen LogP contribution < -0.4 is 16.4 Å². The van der Waals surface area contributed by atoms with Crippen LogP contribution in [0.2, 0.25) is 0 Å². The molecule has 1 aliphatic carbocycles. The average Bonchev–Trinajstić information content (AvgIpc) is 3.64. The highest BCUT2D eigenvalue weighted by molar-refractivity contribution is 6.10. The molecular formula is C30H26N6O3. The molecular weight excluding hydrogens is 492 g/mol. The first-order chi connectivity index (χ1) is 18.8. The third-order valence-corrected chi connectivity index (χ3v) is 8.28. The molecule has 2 fully saturated rings.